The summed E-state index contributed by atoms with van der Waals surface area (Å²) in [6, 6.07) is 17.2. The minimum absolute atomic E-state index is 0.0163. The Morgan fingerprint density at radius 3 is 2.19 bits per heavy atom. The highest BCUT2D eigenvalue weighted by atomic mass is 19.4. The number of carbonyl (C=O) groups is 1. The van der Waals surface area contributed by atoms with Crippen molar-refractivity contribution in [2.45, 2.75) is 26.3 Å². The Kier molecular flexibility index (Phi) is 7.01. The van der Waals surface area contributed by atoms with Crippen LogP contribution in [0.2, 0.25) is 0 Å². The van der Waals surface area contributed by atoms with E-state index in [0.717, 1.165) is 48.4 Å². The van der Waals surface area contributed by atoms with E-state index in [-0.39, 0.29) is 23.8 Å². The van der Waals surface area contributed by atoms with Gasteiger partial charge in [-0.15, -0.1) is 5.46 Å². The molecular formula is C28H30BF3N3O2-. The van der Waals surface area contributed by atoms with Crippen molar-refractivity contribution in [2.24, 2.45) is 0 Å². The number of rotatable bonds is 6. The SMILES string of the molecule is Cc1c(CN2CCNCC2)cc([B-](F)(F)F)c(C)c1NC(=O)OCC1c2ccccc2-c2ccccc21. The van der Waals surface area contributed by atoms with Gasteiger partial charge in [0.05, 0.1) is 0 Å². The van der Waals surface area contributed by atoms with Gasteiger partial charge in [0.15, 0.2) is 0 Å². The number of carbonyl (C=O) groups excluding carboxylic acids is 1. The van der Waals surface area contributed by atoms with Crippen LogP contribution < -0.4 is 16.1 Å². The fraction of sp³-hybridized carbons (Fsp3) is 0.321. The highest BCUT2D eigenvalue weighted by molar-refractivity contribution is 6.74. The molecule has 1 saturated heterocycles. The lowest BCUT2D eigenvalue weighted by Crippen LogP contribution is -2.43. The molecule has 0 spiro atoms. The van der Waals surface area contributed by atoms with Gasteiger partial charge in [0.25, 0.3) is 0 Å². The van der Waals surface area contributed by atoms with E-state index in [4.69, 9.17) is 4.74 Å². The predicted octanol–water partition coefficient (Wildman–Crippen LogP) is 5.12. The first-order valence-electron chi connectivity index (χ1n) is 12.6. The maximum absolute atomic E-state index is 14.0. The predicted molar refractivity (Wildman–Crippen MR) is 141 cm³/mol. The zero-order chi connectivity index (χ0) is 26.2. The lowest BCUT2D eigenvalue weighted by atomic mass is 9.74. The minimum atomic E-state index is -5.25. The van der Waals surface area contributed by atoms with Crippen LogP contribution in [0.4, 0.5) is 23.4 Å². The van der Waals surface area contributed by atoms with Crippen LogP contribution in [0.25, 0.3) is 11.1 Å². The van der Waals surface area contributed by atoms with Crippen LogP contribution in [-0.4, -0.2) is 50.8 Å². The maximum atomic E-state index is 14.0. The molecule has 2 aliphatic rings. The Bertz CT molecular complexity index is 1280. The number of anilines is 1. The molecule has 37 heavy (non-hydrogen) atoms. The fourth-order valence-electron chi connectivity index (χ4n) is 5.53. The number of ether oxygens (including phenoxy) is 1. The molecule has 1 aliphatic heterocycles. The first-order chi connectivity index (χ1) is 17.7. The smallest absolute Gasteiger partial charge is 0.448 e. The number of nitrogens with one attached hydrogen (secondary N) is 2. The summed E-state index contributed by atoms with van der Waals surface area (Å²) in [6.45, 7) is 1.52. The molecule has 2 N–H and O–H groups in total. The number of hydrogen-bond donors (Lipinski definition) is 2. The van der Waals surface area contributed by atoms with E-state index in [9.17, 15) is 17.7 Å². The van der Waals surface area contributed by atoms with Gasteiger partial charge in [0, 0.05) is 44.3 Å². The third-order valence-corrected chi connectivity index (χ3v) is 7.52. The normalized spacial score (nSPS) is 15.8. The van der Waals surface area contributed by atoms with E-state index >= 15 is 0 Å². The molecule has 1 heterocycles. The standard InChI is InChI=1S/C28H30BF3N3O2/c1-18-20(16-35-13-11-33-12-14-35)15-26(29(30,31)32)19(2)27(18)34-28(36)37-17-25-23-9-5-3-7-21(23)22-8-4-6-10-24(22)25/h3-10,15,25,33H,11-14,16-17H2,1-2H3,(H,34,36)/q-1. The second-order valence-corrected chi connectivity index (χ2v) is 9.80. The Labute approximate surface area is 215 Å². The highest BCUT2D eigenvalue weighted by Crippen LogP contribution is 2.44. The molecule has 0 bridgehead atoms. The number of fused-ring (bicyclic) bond motifs is 3. The third-order valence-electron chi connectivity index (χ3n) is 7.52. The van der Waals surface area contributed by atoms with Crippen LogP contribution in [0.5, 0.6) is 0 Å². The van der Waals surface area contributed by atoms with Gasteiger partial charge in [0.2, 0.25) is 0 Å². The Hall–Kier alpha value is -3.30. The number of halogens is 3. The summed E-state index contributed by atoms with van der Waals surface area (Å²) in [5, 5.41) is 5.91. The molecule has 1 amide bonds. The molecule has 3 aromatic rings. The first-order valence-corrected chi connectivity index (χ1v) is 12.6. The van der Waals surface area contributed by atoms with Gasteiger partial charge < -0.3 is 23.0 Å². The van der Waals surface area contributed by atoms with Crippen molar-refractivity contribution >= 4 is 24.2 Å². The second kappa shape index (κ2) is 10.2. The quantitative estimate of drug-likeness (QED) is 0.454. The topological polar surface area (TPSA) is 53.6 Å². The van der Waals surface area contributed by atoms with Crippen molar-refractivity contribution in [1.29, 1.82) is 0 Å². The zero-order valence-electron chi connectivity index (χ0n) is 21.0. The highest BCUT2D eigenvalue weighted by Gasteiger charge is 2.32. The number of piperazine rings is 1. The van der Waals surface area contributed by atoms with Gasteiger partial charge in [-0.2, -0.15) is 0 Å². The largest absolute Gasteiger partial charge is 0.509 e. The number of benzene rings is 3. The van der Waals surface area contributed by atoms with E-state index in [1.807, 2.05) is 48.5 Å². The van der Waals surface area contributed by atoms with Crippen LogP contribution >= 0.6 is 0 Å². The summed E-state index contributed by atoms with van der Waals surface area (Å²) in [7, 11) is 0. The van der Waals surface area contributed by atoms with E-state index in [1.165, 1.54) is 13.0 Å². The third kappa shape index (κ3) is 5.11. The molecule has 1 aliphatic carbocycles. The summed E-state index contributed by atoms with van der Waals surface area (Å²) in [5.41, 5.74) is 5.08. The number of hydrogen-bond acceptors (Lipinski definition) is 4. The molecule has 0 saturated carbocycles. The van der Waals surface area contributed by atoms with Gasteiger partial charge in [-0.05, 0) is 47.2 Å². The molecule has 3 aromatic carbocycles. The maximum Gasteiger partial charge on any atom is 0.509 e. The van der Waals surface area contributed by atoms with Gasteiger partial charge in [-0.1, -0.05) is 60.2 Å². The monoisotopic (exact) mass is 508 g/mol. The number of nitrogens with zero attached hydrogens (tertiary/aromatic N) is 1. The summed E-state index contributed by atoms with van der Waals surface area (Å²) >= 11 is 0. The molecule has 0 unspecified atom stereocenters. The van der Waals surface area contributed by atoms with Crippen molar-refractivity contribution in [2.75, 3.05) is 38.1 Å². The summed E-state index contributed by atoms with van der Waals surface area (Å²) in [5.74, 6) is -0.131. The van der Waals surface area contributed by atoms with Crippen LogP contribution in [0.3, 0.4) is 0 Å². The average Bonchev–Trinajstić information content (AvgIpc) is 3.20. The molecule has 1 fully saturated rings. The Morgan fingerprint density at radius 2 is 1.59 bits per heavy atom. The number of amides is 1. The molecule has 0 radical (unpaired) electrons. The molecule has 5 rings (SSSR count). The van der Waals surface area contributed by atoms with Crippen LogP contribution in [0, 0.1) is 13.8 Å². The van der Waals surface area contributed by atoms with Crippen LogP contribution in [-0.2, 0) is 11.3 Å². The van der Waals surface area contributed by atoms with Crippen LogP contribution in [0.15, 0.2) is 54.6 Å². The first kappa shape index (κ1) is 25.4. The fourth-order valence-corrected chi connectivity index (χ4v) is 5.53. The molecule has 5 nitrogen and oxygen atoms in total. The zero-order valence-corrected chi connectivity index (χ0v) is 21.0. The van der Waals surface area contributed by atoms with Crippen molar-refractivity contribution in [3.05, 3.63) is 82.4 Å². The van der Waals surface area contributed by atoms with E-state index in [1.54, 1.807) is 6.92 Å². The van der Waals surface area contributed by atoms with Crippen molar-refractivity contribution in [3.8, 4) is 11.1 Å². The minimum Gasteiger partial charge on any atom is -0.448 e. The summed E-state index contributed by atoms with van der Waals surface area (Å²) in [4.78, 5) is 15.1. The lowest BCUT2D eigenvalue weighted by Gasteiger charge is -2.30. The average molecular weight is 508 g/mol. The van der Waals surface area contributed by atoms with Crippen molar-refractivity contribution in [1.82, 2.24) is 10.2 Å². The van der Waals surface area contributed by atoms with E-state index < -0.39 is 18.5 Å². The van der Waals surface area contributed by atoms with Crippen molar-refractivity contribution < 1.29 is 22.5 Å². The van der Waals surface area contributed by atoms with Gasteiger partial charge in [-0.25, -0.2) is 4.79 Å². The molecule has 0 atom stereocenters. The van der Waals surface area contributed by atoms with Gasteiger partial charge in [-0.3, -0.25) is 10.2 Å². The second-order valence-electron chi connectivity index (χ2n) is 9.80. The molecule has 194 valence electrons. The Morgan fingerprint density at radius 1 is 1.00 bits per heavy atom. The molecular weight excluding hydrogens is 478 g/mol. The van der Waals surface area contributed by atoms with Gasteiger partial charge in [0.1, 0.15) is 6.61 Å². The molecule has 0 aromatic heterocycles. The Balaban J connectivity index is 1.37. The summed E-state index contributed by atoms with van der Waals surface area (Å²) in [6.07, 6.45) is -0.756. The van der Waals surface area contributed by atoms with Crippen LogP contribution in [0.1, 0.15) is 33.7 Å². The molecule has 9 heteroatoms. The van der Waals surface area contributed by atoms with E-state index in [2.05, 4.69) is 15.5 Å². The van der Waals surface area contributed by atoms with E-state index in [0.29, 0.717) is 17.7 Å². The van der Waals surface area contributed by atoms with Crippen molar-refractivity contribution in [3.63, 3.8) is 0 Å². The lowest BCUT2D eigenvalue weighted by molar-refractivity contribution is 0.158. The van der Waals surface area contributed by atoms with Gasteiger partial charge >= 0.3 is 13.1 Å². The summed E-state index contributed by atoms with van der Waals surface area (Å²) < 4.78 is 47.6.